The summed E-state index contributed by atoms with van der Waals surface area (Å²) in [6, 6.07) is 17.3. The Kier molecular flexibility index (Phi) is 6.10. The van der Waals surface area contributed by atoms with Crippen molar-refractivity contribution in [3.63, 3.8) is 0 Å². The topological polar surface area (TPSA) is 32.3 Å². The Morgan fingerprint density at radius 1 is 0.967 bits per heavy atom. The van der Waals surface area contributed by atoms with Gasteiger partial charge in [-0.15, -0.1) is 0 Å². The molecule has 0 saturated carbocycles. The lowest BCUT2D eigenvalue weighted by Gasteiger charge is -2.24. The van der Waals surface area contributed by atoms with Crippen LogP contribution in [0.25, 0.3) is 0 Å². The van der Waals surface area contributed by atoms with E-state index in [1.807, 2.05) is 37.3 Å². The Bertz CT molecular complexity index is 1020. The third kappa shape index (κ3) is 4.79. The molecule has 0 spiro atoms. The highest BCUT2D eigenvalue weighted by Gasteiger charge is 2.30. The number of benzene rings is 3. The second-order valence-electron chi connectivity index (χ2n) is 6.90. The molecule has 1 atom stereocenters. The number of amides is 2. The molecule has 156 valence electrons. The molecule has 3 nitrogen and oxygen atoms in total. The summed E-state index contributed by atoms with van der Waals surface area (Å²) in [5.74, 6) is -0.605. The van der Waals surface area contributed by atoms with Gasteiger partial charge in [0.25, 0.3) is 0 Å². The molecule has 30 heavy (non-hydrogen) atoms. The number of halogens is 4. The molecule has 3 aromatic rings. The predicted molar refractivity (Wildman–Crippen MR) is 109 cm³/mol. The quantitative estimate of drug-likeness (QED) is 0.474. The lowest BCUT2D eigenvalue weighted by atomic mass is 9.91. The normalized spacial score (nSPS) is 12.3. The highest BCUT2D eigenvalue weighted by molar-refractivity contribution is 6.01. The molecule has 0 aliphatic carbocycles. The fraction of sp³-hybridized carbons (Fsp3) is 0.174. The molecular formula is C23H20F4N2O. The molecular weight excluding hydrogens is 396 g/mol. The summed E-state index contributed by atoms with van der Waals surface area (Å²) in [7, 11) is 1.48. The highest BCUT2D eigenvalue weighted by Crippen LogP contribution is 2.33. The van der Waals surface area contributed by atoms with E-state index in [2.05, 4.69) is 5.32 Å². The lowest BCUT2D eigenvalue weighted by molar-refractivity contribution is -0.137. The summed E-state index contributed by atoms with van der Waals surface area (Å²) >= 11 is 0. The van der Waals surface area contributed by atoms with Crippen molar-refractivity contribution < 1.29 is 22.4 Å². The first-order chi connectivity index (χ1) is 14.2. The van der Waals surface area contributed by atoms with Gasteiger partial charge in [0.15, 0.2) is 0 Å². The summed E-state index contributed by atoms with van der Waals surface area (Å²) < 4.78 is 52.1. The van der Waals surface area contributed by atoms with Gasteiger partial charge in [0, 0.05) is 18.7 Å². The first-order valence-corrected chi connectivity index (χ1v) is 9.23. The number of nitrogens with zero attached hydrogens (tertiary/aromatic N) is 1. The Morgan fingerprint density at radius 3 is 2.20 bits per heavy atom. The third-order valence-corrected chi connectivity index (χ3v) is 4.89. The maximum Gasteiger partial charge on any atom is 0.416 e. The smallest absolute Gasteiger partial charge is 0.308 e. The van der Waals surface area contributed by atoms with E-state index in [1.165, 1.54) is 36.2 Å². The second-order valence-corrected chi connectivity index (χ2v) is 6.90. The molecule has 2 amide bonds. The molecule has 0 heterocycles. The van der Waals surface area contributed by atoms with E-state index >= 15 is 0 Å². The average Bonchev–Trinajstić information content (AvgIpc) is 2.73. The van der Waals surface area contributed by atoms with Gasteiger partial charge in [-0.2, -0.15) is 13.2 Å². The molecule has 3 rings (SSSR count). The van der Waals surface area contributed by atoms with Crippen molar-refractivity contribution in [2.24, 2.45) is 0 Å². The van der Waals surface area contributed by atoms with Gasteiger partial charge in [-0.05, 0) is 47.5 Å². The number of anilines is 2. The van der Waals surface area contributed by atoms with Gasteiger partial charge in [-0.3, -0.25) is 4.90 Å². The number of urea groups is 1. The summed E-state index contributed by atoms with van der Waals surface area (Å²) in [4.78, 5) is 13.9. The minimum Gasteiger partial charge on any atom is -0.308 e. The molecule has 0 aromatic heterocycles. The van der Waals surface area contributed by atoms with E-state index in [0.717, 1.165) is 23.3 Å². The first-order valence-electron chi connectivity index (χ1n) is 9.23. The van der Waals surface area contributed by atoms with Gasteiger partial charge >= 0.3 is 12.2 Å². The number of carbonyl (C=O) groups is 1. The lowest BCUT2D eigenvalue weighted by Crippen LogP contribution is -2.32. The number of hydrogen-bond acceptors (Lipinski definition) is 1. The van der Waals surface area contributed by atoms with Crippen LogP contribution in [0.15, 0.2) is 72.8 Å². The van der Waals surface area contributed by atoms with Crippen LogP contribution in [0.5, 0.6) is 0 Å². The number of hydrogen-bond donors (Lipinski definition) is 1. The van der Waals surface area contributed by atoms with Crippen LogP contribution in [0, 0.1) is 5.82 Å². The number of nitrogens with one attached hydrogen (secondary N) is 1. The third-order valence-electron chi connectivity index (χ3n) is 4.89. The predicted octanol–water partition coefficient (Wildman–Crippen LogP) is 6.66. The molecule has 0 bridgehead atoms. The standard InChI is InChI=1S/C23H20F4N2O/c1-15(16-6-4-3-5-7-16)20-13-10-18(24)14-21(20)29(2)22(30)28-19-11-8-17(9-12-19)23(25,26)27/h3-15H,1-2H3,(H,28,30). The maximum absolute atomic E-state index is 14.0. The van der Waals surface area contributed by atoms with Crippen LogP contribution in [0.1, 0.15) is 29.5 Å². The monoisotopic (exact) mass is 416 g/mol. The molecule has 7 heteroatoms. The minimum absolute atomic E-state index is 0.108. The van der Waals surface area contributed by atoms with E-state index in [4.69, 9.17) is 0 Å². The van der Waals surface area contributed by atoms with Gasteiger partial charge in [0.1, 0.15) is 5.82 Å². The Hall–Kier alpha value is -3.35. The van der Waals surface area contributed by atoms with E-state index in [0.29, 0.717) is 5.69 Å². The van der Waals surface area contributed by atoms with Crippen LogP contribution < -0.4 is 10.2 Å². The zero-order valence-electron chi connectivity index (χ0n) is 16.4. The summed E-state index contributed by atoms with van der Waals surface area (Å²) in [5.41, 5.74) is 1.51. The Labute approximate surface area is 172 Å². The largest absolute Gasteiger partial charge is 0.416 e. The zero-order chi connectivity index (χ0) is 21.9. The number of rotatable bonds is 4. The van der Waals surface area contributed by atoms with Crippen molar-refractivity contribution in [3.8, 4) is 0 Å². The van der Waals surface area contributed by atoms with Gasteiger partial charge in [0.05, 0.1) is 11.3 Å². The Balaban J connectivity index is 1.84. The molecule has 1 N–H and O–H groups in total. The van der Waals surface area contributed by atoms with Crippen molar-refractivity contribution in [1.82, 2.24) is 0 Å². The van der Waals surface area contributed by atoms with Crippen LogP contribution in [0.4, 0.5) is 33.7 Å². The molecule has 0 fully saturated rings. The zero-order valence-corrected chi connectivity index (χ0v) is 16.4. The highest BCUT2D eigenvalue weighted by atomic mass is 19.4. The van der Waals surface area contributed by atoms with E-state index in [9.17, 15) is 22.4 Å². The van der Waals surface area contributed by atoms with E-state index < -0.39 is 23.6 Å². The van der Waals surface area contributed by atoms with Gasteiger partial charge in [0.2, 0.25) is 0 Å². The van der Waals surface area contributed by atoms with Crippen molar-refractivity contribution in [2.45, 2.75) is 19.0 Å². The van der Waals surface area contributed by atoms with Crippen molar-refractivity contribution in [2.75, 3.05) is 17.3 Å². The van der Waals surface area contributed by atoms with Gasteiger partial charge in [-0.25, -0.2) is 9.18 Å². The molecule has 3 aromatic carbocycles. The van der Waals surface area contributed by atoms with Crippen molar-refractivity contribution in [1.29, 1.82) is 0 Å². The van der Waals surface area contributed by atoms with Crippen LogP contribution in [0.2, 0.25) is 0 Å². The SMILES string of the molecule is CC(c1ccccc1)c1ccc(F)cc1N(C)C(=O)Nc1ccc(C(F)(F)F)cc1. The second kappa shape index (κ2) is 8.57. The minimum atomic E-state index is -4.45. The molecule has 1 unspecified atom stereocenters. The summed E-state index contributed by atoms with van der Waals surface area (Å²) in [6.07, 6.45) is -4.45. The average molecular weight is 416 g/mol. The molecule has 0 radical (unpaired) electrons. The number of alkyl halides is 3. The maximum atomic E-state index is 14.0. The van der Waals surface area contributed by atoms with E-state index in [-0.39, 0.29) is 11.6 Å². The van der Waals surface area contributed by atoms with Crippen LogP contribution in [0.3, 0.4) is 0 Å². The fourth-order valence-corrected chi connectivity index (χ4v) is 3.15. The summed E-state index contributed by atoms with van der Waals surface area (Å²) in [5, 5.41) is 2.54. The van der Waals surface area contributed by atoms with Gasteiger partial charge < -0.3 is 5.32 Å². The molecule has 0 aliphatic heterocycles. The summed E-state index contributed by atoms with van der Waals surface area (Å²) in [6.45, 7) is 1.95. The van der Waals surface area contributed by atoms with Crippen molar-refractivity contribution >= 4 is 17.4 Å². The van der Waals surface area contributed by atoms with Crippen LogP contribution >= 0.6 is 0 Å². The van der Waals surface area contributed by atoms with Gasteiger partial charge in [-0.1, -0.05) is 43.3 Å². The Morgan fingerprint density at radius 2 is 1.60 bits per heavy atom. The first kappa shape index (κ1) is 21.4. The van der Waals surface area contributed by atoms with Crippen molar-refractivity contribution in [3.05, 3.63) is 95.3 Å². The van der Waals surface area contributed by atoms with Crippen LogP contribution in [-0.4, -0.2) is 13.1 Å². The molecule has 0 saturated heterocycles. The fourth-order valence-electron chi connectivity index (χ4n) is 3.15. The molecule has 0 aliphatic rings. The number of carbonyl (C=O) groups excluding carboxylic acids is 1. The van der Waals surface area contributed by atoms with Crippen LogP contribution in [-0.2, 0) is 6.18 Å². The van der Waals surface area contributed by atoms with E-state index in [1.54, 1.807) is 6.07 Å².